The van der Waals surface area contributed by atoms with Crippen LogP contribution in [0.2, 0.25) is 0 Å². The van der Waals surface area contributed by atoms with E-state index in [9.17, 15) is 29.9 Å². The number of amides is 1. The number of carbonyl (C=O) groups excluding carboxylic acids is 2. The van der Waals surface area contributed by atoms with Gasteiger partial charge < -0.3 is 29.4 Å². The molecule has 1 aliphatic heterocycles. The predicted molar refractivity (Wildman–Crippen MR) is 169 cm³/mol. The van der Waals surface area contributed by atoms with Crippen LogP contribution in [0.5, 0.6) is 5.75 Å². The van der Waals surface area contributed by atoms with Crippen molar-refractivity contribution in [3.05, 3.63) is 82.0 Å². The van der Waals surface area contributed by atoms with Crippen molar-refractivity contribution < 1.29 is 33.7 Å². The summed E-state index contributed by atoms with van der Waals surface area (Å²) in [5, 5.41) is 35.9. The number of hydrogen-bond donors (Lipinski definition) is 3. The zero-order chi connectivity index (χ0) is 33.7. The molecule has 2 fully saturated rings. The quantitative estimate of drug-likeness (QED) is 0.329. The molecular weight excluding hydrogens is 602 g/mol. The number of nitrogens with one attached hydrogen (secondary N) is 1. The van der Waals surface area contributed by atoms with Gasteiger partial charge in [-0.2, -0.15) is 5.26 Å². The largest absolute Gasteiger partial charge is 0.482 e. The van der Waals surface area contributed by atoms with Crippen LogP contribution in [0.3, 0.4) is 0 Å². The number of aliphatic hydroxyl groups is 2. The van der Waals surface area contributed by atoms with Crippen molar-refractivity contribution in [2.24, 2.45) is 22.7 Å². The van der Waals surface area contributed by atoms with Crippen molar-refractivity contribution in [3.63, 3.8) is 0 Å². The van der Waals surface area contributed by atoms with Gasteiger partial charge in [0.15, 0.2) is 0 Å². The van der Waals surface area contributed by atoms with Crippen molar-refractivity contribution >= 4 is 11.9 Å². The molecule has 2 aliphatic carbocycles. The lowest BCUT2D eigenvalue weighted by Crippen LogP contribution is -2.72. The average molecular weight is 642 g/mol. The molecule has 1 amide bonds. The second-order valence-electron chi connectivity index (χ2n) is 13.6. The Kier molecular flexibility index (Phi) is 8.22. The van der Waals surface area contributed by atoms with Crippen LogP contribution < -0.4 is 15.7 Å². The van der Waals surface area contributed by atoms with Gasteiger partial charge in [-0.1, -0.05) is 13.8 Å². The third-order valence-corrected chi connectivity index (χ3v) is 10.9. The molecule has 246 valence electrons. The van der Waals surface area contributed by atoms with Crippen LogP contribution in [0, 0.1) is 34.0 Å². The molecule has 3 heterocycles. The first-order valence-corrected chi connectivity index (χ1v) is 16.0. The van der Waals surface area contributed by atoms with Gasteiger partial charge in [0.25, 0.3) is 0 Å². The first-order chi connectivity index (χ1) is 22.4. The molecule has 0 radical (unpaired) electrons. The zero-order valence-corrected chi connectivity index (χ0v) is 26.9. The number of aromatic nitrogens is 1. The number of esters is 1. The highest BCUT2D eigenvalue weighted by molar-refractivity contribution is 5.89. The number of nitrogens with zero attached hydrogens (tertiary/aromatic N) is 2. The summed E-state index contributed by atoms with van der Waals surface area (Å²) >= 11 is 0. The zero-order valence-electron chi connectivity index (χ0n) is 26.9. The molecule has 1 aromatic carbocycles. The maximum atomic E-state index is 13.9. The summed E-state index contributed by atoms with van der Waals surface area (Å²) in [6.45, 7) is 7.81. The van der Waals surface area contributed by atoms with Crippen LogP contribution in [0.15, 0.2) is 64.1 Å². The lowest BCUT2D eigenvalue weighted by Gasteiger charge is -2.66. The van der Waals surface area contributed by atoms with Gasteiger partial charge in [-0.3, -0.25) is 9.78 Å². The second kappa shape index (κ2) is 11.9. The van der Waals surface area contributed by atoms with E-state index < -0.39 is 58.2 Å². The van der Waals surface area contributed by atoms with Crippen LogP contribution in [0.4, 0.5) is 0 Å². The molecule has 3 N–H and O–H groups in total. The monoisotopic (exact) mass is 641 g/mol. The van der Waals surface area contributed by atoms with Crippen molar-refractivity contribution in [1.82, 2.24) is 10.3 Å². The van der Waals surface area contributed by atoms with Gasteiger partial charge in [-0.15, -0.1) is 0 Å². The molecule has 6 rings (SSSR count). The fraction of sp³-hybridized carbons (Fsp3) is 0.472. The van der Waals surface area contributed by atoms with Crippen LogP contribution in [-0.2, 0) is 9.53 Å². The number of fused-ring (bicyclic) bond motifs is 4. The molecule has 47 heavy (non-hydrogen) atoms. The van der Waals surface area contributed by atoms with Gasteiger partial charge in [0.2, 0.25) is 5.91 Å². The van der Waals surface area contributed by atoms with E-state index in [-0.39, 0.29) is 41.4 Å². The van der Waals surface area contributed by atoms with E-state index in [0.29, 0.717) is 30.5 Å². The maximum absolute atomic E-state index is 13.9. The second-order valence-corrected chi connectivity index (χ2v) is 13.6. The highest BCUT2D eigenvalue weighted by Crippen LogP contribution is 2.67. The number of rotatable bonds is 6. The molecule has 0 spiro atoms. The Morgan fingerprint density at radius 1 is 1.17 bits per heavy atom. The van der Waals surface area contributed by atoms with Crippen molar-refractivity contribution in [1.29, 1.82) is 5.26 Å². The Morgan fingerprint density at radius 2 is 1.91 bits per heavy atom. The van der Waals surface area contributed by atoms with E-state index in [4.69, 9.17) is 13.9 Å². The van der Waals surface area contributed by atoms with E-state index in [2.05, 4.69) is 10.3 Å². The standard InChI is InChI=1S/C36H39N3O8/c1-5-14-39-33(44)35(3)25-17-27(46-31(42)21-10-8-20(18-37)9-11-21)36(4)30(34(25,2)13-12-26(35)40)29(41)28-24(47-36)16-23(45-32(28)43)22-7-6-15-38-19-22/h6-11,15-16,19,25-27,29-30,40-41H,5,12-14,17H2,1-4H3,(H,39,44)/t25?,26-,27-,29-,30?,34-,35-,36+/m0/s1. The molecule has 11 heteroatoms. The molecule has 3 aromatic rings. The number of hydrogen-bond acceptors (Lipinski definition) is 10. The molecule has 2 unspecified atom stereocenters. The van der Waals surface area contributed by atoms with Gasteiger partial charge in [-0.25, -0.2) is 9.59 Å². The summed E-state index contributed by atoms with van der Waals surface area (Å²) < 4.78 is 18.6. The highest BCUT2D eigenvalue weighted by Gasteiger charge is 2.71. The molecule has 0 saturated heterocycles. The number of aliphatic hydroxyl groups excluding tert-OH is 2. The lowest BCUT2D eigenvalue weighted by atomic mass is 9.42. The summed E-state index contributed by atoms with van der Waals surface area (Å²) in [6.07, 6.45) is 1.23. The molecule has 2 saturated carbocycles. The molecular formula is C36H39N3O8. The van der Waals surface area contributed by atoms with Crippen molar-refractivity contribution in [3.8, 4) is 23.1 Å². The summed E-state index contributed by atoms with van der Waals surface area (Å²) in [5.41, 5.74) is -3.23. The fourth-order valence-electron chi connectivity index (χ4n) is 8.50. The third kappa shape index (κ3) is 5.11. The normalized spacial score (nSPS) is 32.4. The van der Waals surface area contributed by atoms with Gasteiger partial charge in [-0.05, 0) is 87.3 Å². The molecule has 3 aliphatic rings. The summed E-state index contributed by atoms with van der Waals surface area (Å²) in [7, 11) is 0. The van der Waals surface area contributed by atoms with Gasteiger partial charge in [0.1, 0.15) is 28.8 Å². The van der Waals surface area contributed by atoms with E-state index in [0.717, 1.165) is 0 Å². The van der Waals surface area contributed by atoms with E-state index in [1.807, 2.05) is 19.9 Å². The fourth-order valence-corrected chi connectivity index (χ4v) is 8.50. The topological polar surface area (TPSA) is 172 Å². The van der Waals surface area contributed by atoms with Gasteiger partial charge in [0, 0.05) is 36.5 Å². The molecule has 11 nitrogen and oxygen atoms in total. The minimum Gasteiger partial charge on any atom is -0.482 e. The molecule has 2 aromatic heterocycles. The van der Waals surface area contributed by atoms with Gasteiger partial charge in [0.05, 0.1) is 34.8 Å². The van der Waals surface area contributed by atoms with Crippen LogP contribution in [0.25, 0.3) is 11.3 Å². The number of ether oxygens (including phenoxy) is 2. The Labute approximate surface area is 272 Å². The SMILES string of the molecule is CCCNC(=O)[C@@]1(C)C2C[C@H](OC(=O)c3ccc(C#N)cc3)[C@@]3(C)Oc4cc(-c5cccnc5)oc(=O)c4[C@H](O)C3[C@@]2(C)CC[C@@H]1O. The summed E-state index contributed by atoms with van der Waals surface area (Å²) in [5.74, 6) is -2.14. The smallest absolute Gasteiger partial charge is 0.345 e. The first kappa shape index (κ1) is 32.4. The Balaban J connectivity index is 1.49. The van der Waals surface area contributed by atoms with Crippen LogP contribution in [0.1, 0.15) is 81.0 Å². The van der Waals surface area contributed by atoms with E-state index in [1.165, 1.54) is 24.3 Å². The van der Waals surface area contributed by atoms with Crippen LogP contribution in [-0.4, -0.2) is 51.4 Å². The minimum atomic E-state index is -1.41. The highest BCUT2D eigenvalue weighted by atomic mass is 16.6. The molecule has 0 bridgehead atoms. The van der Waals surface area contributed by atoms with E-state index in [1.54, 1.807) is 44.4 Å². The molecule has 8 atom stereocenters. The Hall–Kier alpha value is -4.53. The summed E-state index contributed by atoms with van der Waals surface area (Å²) in [4.78, 5) is 45.2. The Bertz CT molecular complexity index is 1790. The number of benzene rings is 1. The number of carbonyl (C=O) groups is 2. The maximum Gasteiger partial charge on any atom is 0.345 e. The van der Waals surface area contributed by atoms with Gasteiger partial charge >= 0.3 is 11.6 Å². The predicted octanol–water partition coefficient (Wildman–Crippen LogP) is 4.31. The van der Waals surface area contributed by atoms with Crippen molar-refractivity contribution in [2.75, 3.05) is 6.54 Å². The lowest BCUT2D eigenvalue weighted by molar-refractivity contribution is -0.256. The summed E-state index contributed by atoms with van der Waals surface area (Å²) in [6, 6.07) is 13.0. The number of pyridine rings is 1. The number of nitriles is 1. The first-order valence-electron chi connectivity index (χ1n) is 16.0. The Morgan fingerprint density at radius 3 is 2.57 bits per heavy atom. The average Bonchev–Trinajstić information content (AvgIpc) is 3.06. The van der Waals surface area contributed by atoms with Crippen LogP contribution >= 0.6 is 0 Å². The van der Waals surface area contributed by atoms with E-state index >= 15 is 0 Å². The van der Waals surface area contributed by atoms with Crippen molar-refractivity contribution in [2.45, 2.75) is 77.3 Å². The third-order valence-electron chi connectivity index (χ3n) is 10.9. The minimum absolute atomic E-state index is 0.0533.